The van der Waals surface area contributed by atoms with E-state index < -0.39 is 9.84 Å². The van der Waals surface area contributed by atoms with E-state index in [4.69, 9.17) is 0 Å². The second-order valence-electron chi connectivity index (χ2n) is 7.07. The van der Waals surface area contributed by atoms with Crippen LogP contribution in [0.5, 0.6) is 0 Å². The predicted octanol–water partition coefficient (Wildman–Crippen LogP) is 1.46. The van der Waals surface area contributed by atoms with Crippen LogP contribution in [0.3, 0.4) is 0 Å². The van der Waals surface area contributed by atoms with Gasteiger partial charge in [0, 0.05) is 49.4 Å². The molecule has 0 aromatic carbocycles. The van der Waals surface area contributed by atoms with Crippen LogP contribution in [0.1, 0.15) is 26.7 Å². The lowest BCUT2D eigenvalue weighted by Crippen LogP contribution is -2.50. The highest BCUT2D eigenvalue weighted by Crippen LogP contribution is 2.46. The maximum absolute atomic E-state index is 11.5. The number of sulfone groups is 1. The molecular formula is C15H29N3O2S2. The number of guanidine groups is 1. The van der Waals surface area contributed by atoms with Crippen LogP contribution in [0.15, 0.2) is 4.99 Å². The van der Waals surface area contributed by atoms with Crippen molar-refractivity contribution in [3.8, 4) is 0 Å². The molecule has 2 rings (SSSR count). The summed E-state index contributed by atoms with van der Waals surface area (Å²) < 4.78 is 23.1. The molecule has 1 aliphatic carbocycles. The first-order valence-corrected chi connectivity index (χ1v) is 11.1. The number of rotatable bonds is 5. The third-order valence-corrected chi connectivity index (χ3v) is 7.17. The topological polar surface area (TPSA) is 61.8 Å². The monoisotopic (exact) mass is 347 g/mol. The van der Waals surface area contributed by atoms with Crippen molar-refractivity contribution in [3.63, 3.8) is 0 Å². The molecule has 7 heteroatoms. The van der Waals surface area contributed by atoms with Gasteiger partial charge in [0.1, 0.15) is 9.84 Å². The molecule has 1 unspecified atom stereocenters. The van der Waals surface area contributed by atoms with Gasteiger partial charge < -0.3 is 10.2 Å². The van der Waals surface area contributed by atoms with Crippen molar-refractivity contribution in [2.75, 3.05) is 44.4 Å². The van der Waals surface area contributed by atoms with E-state index in [0.29, 0.717) is 17.7 Å². The van der Waals surface area contributed by atoms with Gasteiger partial charge in [0.25, 0.3) is 0 Å². The van der Waals surface area contributed by atoms with Crippen LogP contribution in [-0.4, -0.2) is 69.0 Å². The number of thioether (sulfide) groups is 1. The zero-order chi connectivity index (χ0) is 16.4. The Labute approximate surface area is 139 Å². The highest BCUT2D eigenvalue weighted by Gasteiger charge is 2.45. The molecule has 1 saturated heterocycles. The van der Waals surface area contributed by atoms with E-state index in [-0.39, 0.29) is 11.2 Å². The number of hydrogen-bond donors (Lipinski definition) is 1. The minimum Gasteiger partial charge on any atom is -0.356 e. The van der Waals surface area contributed by atoms with Crippen molar-refractivity contribution in [1.29, 1.82) is 0 Å². The normalized spacial score (nSPS) is 25.4. The van der Waals surface area contributed by atoms with Crippen LogP contribution in [0, 0.1) is 11.3 Å². The lowest BCUT2D eigenvalue weighted by Gasteiger charge is -2.36. The molecular weight excluding hydrogens is 318 g/mol. The Bertz CT molecular complexity index is 513. The van der Waals surface area contributed by atoms with Gasteiger partial charge in [-0.3, -0.25) is 4.99 Å². The molecule has 1 N–H and O–H groups in total. The summed E-state index contributed by atoms with van der Waals surface area (Å²) in [6.45, 7) is 7.27. The highest BCUT2D eigenvalue weighted by molar-refractivity contribution is 8.00. The second kappa shape index (κ2) is 6.99. The molecule has 1 atom stereocenters. The van der Waals surface area contributed by atoms with Crippen LogP contribution in [-0.2, 0) is 9.84 Å². The van der Waals surface area contributed by atoms with Gasteiger partial charge in [0.2, 0.25) is 0 Å². The quantitative estimate of drug-likeness (QED) is 0.603. The summed E-state index contributed by atoms with van der Waals surface area (Å²) in [7, 11) is -1.11. The molecule has 22 heavy (non-hydrogen) atoms. The van der Waals surface area contributed by atoms with Crippen LogP contribution in [0.25, 0.3) is 0 Å². The largest absolute Gasteiger partial charge is 0.356 e. The lowest BCUT2D eigenvalue weighted by atomic mass is 10.1. The van der Waals surface area contributed by atoms with Crippen molar-refractivity contribution in [1.82, 2.24) is 10.2 Å². The Morgan fingerprint density at radius 1 is 1.45 bits per heavy atom. The Morgan fingerprint density at radius 2 is 2.14 bits per heavy atom. The SMILES string of the molecule is CN=C(NCC1(CS(C)(=O)=O)CC1)N1CCSC(C(C)C)C1. The molecule has 0 aromatic rings. The molecule has 5 nitrogen and oxygen atoms in total. The molecule has 0 aromatic heterocycles. The Balaban J connectivity index is 1.90. The Hall–Kier alpha value is -0.430. The summed E-state index contributed by atoms with van der Waals surface area (Å²) in [5.74, 6) is 2.99. The zero-order valence-electron chi connectivity index (χ0n) is 14.1. The Kier molecular flexibility index (Phi) is 5.69. The summed E-state index contributed by atoms with van der Waals surface area (Å²) >= 11 is 2.04. The van der Waals surface area contributed by atoms with Crippen molar-refractivity contribution in [2.45, 2.75) is 31.9 Å². The molecule has 2 aliphatic rings. The lowest BCUT2D eigenvalue weighted by molar-refractivity contribution is 0.376. The molecule has 0 spiro atoms. The van der Waals surface area contributed by atoms with Crippen LogP contribution in [0.2, 0.25) is 0 Å². The molecule has 0 bridgehead atoms. The number of nitrogens with zero attached hydrogens (tertiary/aromatic N) is 2. The van der Waals surface area contributed by atoms with Gasteiger partial charge in [0.05, 0.1) is 5.75 Å². The number of aliphatic imine (C=N–C) groups is 1. The van der Waals surface area contributed by atoms with Gasteiger partial charge in [-0.15, -0.1) is 0 Å². The van der Waals surface area contributed by atoms with Gasteiger partial charge in [0.15, 0.2) is 5.96 Å². The number of nitrogens with one attached hydrogen (secondary N) is 1. The fraction of sp³-hybridized carbons (Fsp3) is 0.933. The van der Waals surface area contributed by atoms with Gasteiger partial charge in [-0.2, -0.15) is 11.8 Å². The molecule has 1 heterocycles. The van der Waals surface area contributed by atoms with Gasteiger partial charge >= 0.3 is 0 Å². The van der Waals surface area contributed by atoms with E-state index in [9.17, 15) is 8.42 Å². The zero-order valence-corrected chi connectivity index (χ0v) is 15.8. The second-order valence-corrected chi connectivity index (χ2v) is 10.6. The first kappa shape index (κ1) is 17.9. The fourth-order valence-corrected chi connectivity index (χ4v) is 5.78. The summed E-state index contributed by atoms with van der Waals surface area (Å²) in [6.07, 6.45) is 3.32. The smallest absolute Gasteiger partial charge is 0.193 e. The summed E-state index contributed by atoms with van der Waals surface area (Å²) in [5, 5.41) is 4.06. The summed E-state index contributed by atoms with van der Waals surface area (Å²) in [6, 6.07) is 0. The first-order valence-electron chi connectivity index (χ1n) is 8.00. The minimum absolute atomic E-state index is 0.0640. The van der Waals surface area contributed by atoms with Crippen molar-refractivity contribution in [2.24, 2.45) is 16.3 Å². The van der Waals surface area contributed by atoms with Gasteiger partial charge in [-0.1, -0.05) is 13.8 Å². The summed E-state index contributed by atoms with van der Waals surface area (Å²) in [5.41, 5.74) is -0.0640. The van der Waals surface area contributed by atoms with E-state index in [1.165, 1.54) is 6.26 Å². The molecule has 1 aliphatic heterocycles. The molecule has 2 fully saturated rings. The maximum atomic E-state index is 11.5. The molecule has 0 amide bonds. The van der Waals surface area contributed by atoms with Crippen molar-refractivity contribution >= 4 is 27.6 Å². The van der Waals surface area contributed by atoms with E-state index in [2.05, 4.69) is 29.1 Å². The number of hydrogen-bond acceptors (Lipinski definition) is 4. The van der Waals surface area contributed by atoms with Crippen LogP contribution < -0.4 is 5.32 Å². The third-order valence-electron chi connectivity index (χ3n) is 4.50. The Morgan fingerprint density at radius 3 is 2.64 bits per heavy atom. The van der Waals surface area contributed by atoms with Crippen LogP contribution in [0.4, 0.5) is 0 Å². The highest BCUT2D eigenvalue weighted by atomic mass is 32.2. The van der Waals surface area contributed by atoms with E-state index in [0.717, 1.165) is 37.6 Å². The van der Waals surface area contributed by atoms with E-state index >= 15 is 0 Å². The fourth-order valence-electron chi connectivity index (χ4n) is 2.98. The van der Waals surface area contributed by atoms with Gasteiger partial charge in [-0.25, -0.2) is 8.42 Å². The summed E-state index contributed by atoms with van der Waals surface area (Å²) in [4.78, 5) is 6.72. The molecule has 0 radical (unpaired) electrons. The molecule has 128 valence electrons. The average Bonchev–Trinajstić information content (AvgIpc) is 3.17. The first-order chi connectivity index (χ1) is 10.2. The standard InChI is InChI=1S/C15H29N3O2S2/c1-12(2)13-9-18(7-8-21-13)14(16-3)17-10-15(5-6-15)11-22(4,19)20/h12-13H,5-11H2,1-4H3,(H,16,17). The van der Waals surface area contributed by atoms with Crippen molar-refractivity contribution in [3.05, 3.63) is 0 Å². The molecule has 1 saturated carbocycles. The predicted molar refractivity (Wildman–Crippen MR) is 95.4 cm³/mol. The van der Waals surface area contributed by atoms with E-state index in [1.54, 1.807) is 0 Å². The van der Waals surface area contributed by atoms with Crippen molar-refractivity contribution < 1.29 is 8.42 Å². The average molecular weight is 348 g/mol. The maximum Gasteiger partial charge on any atom is 0.193 e. The van der Waals surface area contributed by atoms with Crippen LogP contribution >= 0.6 is 11.8 Å². The van der Waals surface area contributed by atoms with Gasteiger partial charge in [-0.05, 0) is 18.8 Å². The third kappa shape index (κ3) is 5.05. The van der Waals surface area contributed by atoms with E-state index in [1.807, 2.05) is 18.8 Å². The minimum atomic E-state index is -2.92.